The third-order valence-corrected chi connectivity index (χ3v) is 5.53. The number of allylic oxidation sites excluding steroid dienone is 4. The van der Waals surface area contributed by atoms with E-state index in [4.69, 9.17) is 0 Å². The molecule has 0 aromatic heterocycles. The lowest BCUT2D eigenvalue weighted by molar-refractivity contribution is 0.439. The molecule has 0 unspecified atom stereocenters. The zero-order valence-corrected chi connectivity index (χ0v) is 17.6. The van der Waals surface area contributed by atoms with Crippen LogP contribution in [0.4, 0.5) is 0 Å². The highest BCUT2D eigenvalue weighted by atomic mass is 16.3. The highest BCUT2D eigenvalue weighted by Gasteiger charge is 2.19. The van der Waals surface area contributed by atoms with Gasteiger partial charge in [0, 0.05) is 5.56 Å². The molecule has 1 aliphatic rings. The molecule has 27 heavy (non-hydrogen) atoms. The number of benzene rings is 1. The average Bonchev–Trinajstić information content (AvgIpc) is 3.41. The van der Waals surface area contributed by atoms with E-state index in [1.54, 1.807) is 0 Å². The minimum absolute atomic E-state index is 0.229. The molecular weight excluding hydrogens is 332 g/mol. The van der Waals surface area contributed by atoms with Gasteiger partial charge in [0.15, 0.2) is 0 Å². The van der Waals surface area contributed by atoms with Crippen LogP contribution in [-0.2, 0) is 12.8 Å². The zero-order chi connectivity index (χ0) is 19.6. The summed E-state index contributed by atoms with van der Waals surface area (Å²) in [6, 6.07) is 3.68. The first kappa shape index (κ1) is 21.6. The molecule has 2 N–H and O–H groups in total. The Kier molecular flexibility index (Phi) is 8.97. The van der Waals surface area contributed by atoms with Crippen molar-refractivity contribution in [1.29, 1.82) is 0 Å². The molecule has 0 aliphatic heterocycles. The monoisotopic (exact) mass is 370 g/mol. The van der Waals surface area contributed by atoms with Gasteiger partial charge in [-0.1, -0.05) is 61.8 Å². The Morgan fingerprint density at radius 1 is 0.963 bits per heavy atom. The largest absolute Gasteiger partial charge is 0.508 e. The fourth-order valence-electron chi connectivity index (χ4n) is 3.54. The standard InChI is InChI=1S/C25H38O2/c1-19(2)9-8-10-20(3)13-16-23-24(26)17-22(18-25(23)27)12-7-5-4-6-11-21-14-15-21/h9,13,17-18,21,26-27H,4-8,10-12,14-16H2,1-3H3/b20-13+. The zero-order valence-electron chi connectivity index (χ0n) is 17.6. The number of rotatable bonds is 12. The molecule has 1 aromatic carbocycles. The summed E-state index contributed by atoms with van der Waals surface area (Å²) >= 11 is 0. The Bertz CT molecular complexity index is 623. The van der Waals surface area contributed by atoms with Crippen LogP contribution in [-0.4, -0.2) is 10.2 Å². The number of phenols is 2. The maximum atomic E-state index is 10.3. The highest BCUT2D eigenvalue weighted by Crippen LogP contribution is 2.34. The van der Waals surface area contributed by atoms with Crippen molar-refractivity contribution in [3.63, 3.8) is 0 Å². The normalized spacial score (nSPS) is 14.4. The lowest BCUT2D eigenvalue weighted by Gasteiger charge is -2.10. The van der Waals surface area contributed by atoms with E-state index in [1.165, 1.54) is 49.7 Å². The van der Waals surface area contributed by atoms with E-state index in [9.17, 15) is 10.2 Å². The Morgan fingerprint density at radius 3 is 2.26 bits per heavy atom. The molecule has 150 valence electrons. The van der Waals surface area contributed by atoms with E-state index in [2.05, 4.69) is 32.9 Å². The van der Waals surface area contributed by atoms with Gasteiger partial charge in [0.25, 0.3) is 0 Å². The summed E-state index contributed by atoms with van der Waals surface area (Å²) in [4.78, 5) is 0. The molecule has 1 saturated carbocycles. The van der Waals surface area contributed by atoms with Gasteiger partial charge in [-0.15, -0.1) is 0 Å². The number of aromatic hydroxyl groups is 2. The third-order valence-electron chi connectivity index (χ3n) is 5.53. The van der Waals surface area contributed by atoms with Crippen LogP contribution in [0, 0.1) is 5.92 Å². The van der Waals surface area contributed by atoms with Crippen LogP contribution in [0.5, 0.6) is 11.5 Å². The summed E-state index contributed by atoms with van der Waals surface area (Å²) in [5.74, 6) is 1.50. The summed E-state index contributed by atoms with van der Waals surface area (Å²) in [6.07, 6.45) is 17.3. The van der Waals surface area contributed by atoms with Crippen LogP contribution in [0.15, 0.2) is 35.4 Å². The smallest absolute Gasteiger partial charge is 0.123 e. The first-order chi connectivity index (χ1) is 13.0. The summed E-state index contributed by atoms with van der Waals surface area (Å²) in [5, 5.41) is 20.7. The Labute approximate surface area is 166 Å². The van der Waals surface area contributed by atoms with Gasteiger partial charge >= 0.3 is 0 Å². The molecule has 1 aromatic rings. The van der Waals surface area contributed by atoms with Crippen LogP contribution in [0.2, 0.25) is 0 Å². The van der Waals surface area contributed by atoms with E-state index in [0.29, 0.717) is 12.0 Å². The number of hydrogen-bond donors (Lipinski definition) is 2. The van der Waals surface area contributed by atoms with Gasteiger partial charge in [0.2, 0.25) is 0 Å². The van der Waals surface area contributed by atoms with Crippen molar-refractivity contribution in [2.75, 3.05) is 0 Å². The van der Waals surface area contributed by atoms with Crippen molar-refractivity contribution in [3.05, 3.63) is 46.6 Å². The second kappa shape index (κ2) is 11.2. The first-order valence-corrected chi connectivity index (χ1v) is 10.8. The average molecular weight is 371 g/mol. The lowest BCUT2D eigenvalue weighted by Crippen LogP contribution is -1.92. The van der Waals surface area contributed by atoms with E-state index in [1.807, 2.05) is 12.1 Å². The fourth-order valence-corrected chi connectivity index (χ4v) is 3.54. The van der Waals surface area contributed by atoms with E-state index < -0.39 is 0 Å². The van der Waals surface area contributed by atoms with Gasteiger partial charge in [-0.2, -0.15) is 0 Å². The number of hydrogen-bond acceptors (Lipinski definition) is 2. The molecule has 2 nitrogen and oxygen atoms in total. The van der Waals surface area contributed by atoms with Crippen molar-refractivity contribution >= 4 is 0 Å². The first-order valence-electron chi connectivity index (χ1n) is 10.8. The number of aryl methyl sites for hydroxylation is 1. The van der Waals surface area contributed by atoms with Crippen molar-refractivity contribution < 1.29 is 10.2 Å². The molecular formula is C25H38O2. The summed E-state index contributed by atoms with van der Waals surface area (Å²) in [5.41, 5.74) is 4.32. The maximum Gasteiger partial charge on any atom is 0.123 e. The van der Waals surface area contributed by atoms with Gasteiger partial charge in [-0.25, -0.2) is 0 Å². The summed E-state index contributed by atoms with van der Waals surface area (Å²) in [7, 11) is 0. The predicted octanol–water partition coefficient (Wildman–Crippen LogP) is 7.24. The molecule has 0 radical (unpaired) electrons. The minimum Gasteiger partial charge on any atom is -0.508 e. The Hall–Kier alpha value is -1.70. The molecule has 0 saturated heterocycles. The summed E-state index contributed by atoms with van der Waals surface area (Å²) in [6.45, 7) is 6.35. The van der Waals surface area contributed by atoms with Crippen molar-refractivity contribution in [3.8, 4) is 11.5 Å². The highest BCUT2D eigenvalue weighted by molar-refractivity contribution is 5.47. The second-order valence-corrected chi connectivity index (χ2v) is 8.58. The summed E-state index contributed by atoms with van der Waals surface area (Å²) < 4.78 is 0. The van der Waals surface area contributed by atoms with Gasteiger partial charge in [-0.05, 0) is 76.5 Å². The molecule has 0 atom stereocenters. The molecule has 1 fully saturated rings. The van der Waals surface area contributed by atoms with Crippen molar-refractivity contribution in [2.24, 2.45) is 5.92 Å². The van der Waals surface area contributed by atoms with Crippen LogP contribution in [0.3, 0.4) is 0 Å². The third kappa shape index (κ3) is 8.69. The molecule has 0 amide bonds. The van der Waals surface area contributed by atoms with E-state index in [0.717, 1.165) is 37.2 Å². The molecule has 1 aliphatic carbocycles. The van der Waals surface area contributed by atoms with Gasteiger partial charge < -0.3 is 10.2 Å². The Balaban J connectivity index is 1.77. The maximum absolute atomic E-state index is 10.3. The molecule has 0 spiro atoms. The lowest BCUT2D eigenvalue weighted by atomic mass is 10.00. The van der Waals surface area contributed by atoms with Gasteiger partial charge in [-0.3, -0.25) is 0 Å². The SMILES string of the molecule is CC(C)=CCC/C(C)=C/Cc1c(O)cc(CCCCCCC2CC2)cc1O. The fraction of sp³-hybridized carbons (Fsp3) is 0.600. The van der Waals surface area contributed by atoms with Gasteiger partial charge in [0.1, 0.15) is 11.5 Å². The van der Waals surface area contributed by atoms with Crippen LogP contribution in [0.1, 0.15) is 89.7 Å². The van der Waals surface area contributed by atoms with Crippen LogP contribution < -0.4 is 0 Å². The predicted molar refractivity (Wildman–Crippen MR) is 115 cm³/mol. The minimum atomic E-state index is 0.229. The molecule has 0 bridgehead atoms. The van der Waals surface area contributed by atoms with Crippen LogP contribution in [0.25, 0.3) is 0 Å². The van der Waals surface area contributed by atoms with Crippen LogP contribution >= 0.6 is 0 Å². The van der Waals surface area contributed by atoms with Crippen molar-refractivity contribution in [1.82, 2.24) is 0 Å². The quantitative estimate of drug-likeness (QED) is 0.301. The number of phenolic OH excluding ortho intramolecular Hbond substituents is 2. The second-order valence-electron chi connectivity index (χ2n) is 8.58. The van der Waals surface area contributed by atoms with E-state index >= 15 is 0 Å². The molecule has 0 heterocycles. The van der Waals surface area contributed by atoms with Gasteiger partial charge in [0.05, 0.1) is 0 Å². The Morgan fingerprint density at radius 2 is 1.63 bits per heavy atom. The molecule has 2 rings (SSSR count). The topological polar surface area (TPSA) is 40.5 Å². The van der Waals surface area contributed by atoms with E-state index in [-0.39, 0.29) is 11.5 Å². The molecule has 2 heteroatoms. The van der Waals surface area contributed by atoms with Crippen molar-refractivity contribution in [2.45, 2.75) is 91.4 Å². The number of unbranched alkanes of at least 4 members (excludes halogenated alkanes) is 3.